The van der Waals surface area contributed by atoms with Crippen molar-refractivity contribution in [2.24, 2.45) is 0 Å². The number of phenols is 1. The van der Waals surface area contributed by atoms with Gasteiger partial charge in [-0.3, -0.25) is 9.78 Å². The fourth-order valence-corrected chi connectivity index (χ4v) is 1.78. The average molecular weight is 296 g/mol. The Morgan fingerprint density at radius 3 is 2.62 bits per heavy atom. The molecule has 0 fully saturated rings. The van der Waals surface area contributed by atoms with E-state index in [1.165, 1.54) is 12.3 Å². The van der Waals surface area contributed by atoms with E-state index in [0.29, 0.717) is 17.4 Å². The third-order valence-electron chi connectivity index (χ3n) is 2.74. The molecule has 7 heteroatoms. The van der Waals surface area contributed by atoms with Gasteiger partial charge < -0.3 is 10.4 Å². The van der Waals surface area contributed by atoms with E-state index in [-0.39, 0.29) is 0 Å². The first-order valence-corrected chi connectivity index (χ1v) is 5.92. The van der Waals surface area contributed by atoms with Crippen LogP contribution in [-0.2, 0) is 6.18 Å². The lowest BCUT2D eigenvalue weighted by Gasteiger charge is -2.12. The number of phenolic OH excluding ortho intramolecular Hbond substituents is 1. The lowest BCUT2D eigenvalue weighted by Crippen LogP contribution is -2.14. The predicted octanol–water partition coefficient (Wildman–Crippen LogP) is 3.37. The number of carbonyl (C=O) groups excluding carboxylic acids is 1. The van der Waals surface area contributed by atoms with E-state index >= 15 is 0 Å². The lowest BCUT2D eigenvalue weighted by atomic mass is 10.1. The number of alkyl halides is 3. The Morgan fingerprint density at radius 2 is 2.00 bits per heavy atom. The van der Waals surface area contributed by atoms with Gasteiger partial charge in [-0.25, -0.2) is 0 Å². The van der Waals surface area contributed by atoms with Crippen molar-refractivity contribution < 1.29 is 23.1 Å². The summed E-state index contributed by atoms with van der Waals surface area (Å²) in [6.45, 7) is 1.71. The van der Waals surface area contributed by atoms with Crippen LogP contribution < -0.4 is 5.32 Å². The highest BCUT2D eigenvalue weighted by Gasteiger charge is 2.35. The summed E-state index contributed by atoms with van der Waals surface area (Å²) in [6.07, 6.45) is -3.27. The molecule has 2 N–H and O–H groups in total. The lowest BCUT2D eigenvalue weighted by molar-refractivity contribution is -0.138. The molecule has 110 valence electrons. The predicted molar refractivity (Wildman–Crippen MR) is 70.0 cm³/mol. The number of benzene rings is 1. The molecule has 0 saturated carbocycles. The van der Waals surface area contributed by atoms with Crippen LogP contribution in [0.4, 0.5) is 18.9 Å². The molecule has 1 aromatic heterocycles. The van der Waals surface area contributed by atoms with Crippen LogP contribution in [0, 0.1) is 6.92 Å². The molecule has 1 amide bonds. The topological polar surface area (TPSA) is 62.2 Å². The minimum Gasteiger partial charge on any atom is -0.506 e. The standard InChI is InChI=1S/C14H11F3N2O2/c1-8-7-9(5-6-18-8)19-13(21)10-3-2-4-11(12(10)20)14(15,16)17/h2-7,20H,1H3,(H,18,19,21). The van der Waals surface area contributed by atoms with Crippen molar-refractivity contribution in [3.05, 3.63) is 53.3 Å². The van der Waals surface area contributed by atoms with Crippen molar-refractivity contribution in [1.82, 2.24) is 4.98 Å². The van der Waals surface area contributed by atoms with Crippen LogP contribution in [-0.4, -0.2) is 16.0 Å². The summed E-state index contributed by atoms with van der Waals surface area (Å²) in [7, 11) is 0. The zero-order valence-corrected chi connectivity index (χ0v) is 10.9. The molecule has 0 aliphatic rings. The highest BCUT2D eigenvalue weighted by atomic mass is 19.4. The summed E-state index contributed by atoms with van der Waals surface area (Å²) >= 11 is 0. The van der Waals surface area contributed by atoms with Crippen LogP contribution in [0.25, 0.3) is 0 Å². The number of rotatable bonds is 2. The van der Waals surface area contributed by atoms with Crippen molar-refractivity contribution in [3.8, 4) is 5.75 Å². The molecule has 0 radical (unpaired) electrons. The summed E-state index contributed by atoms with van der Waals surface area (Å²) in [4.78, 5) is 15.9. The molecule has 2 rings (SSSR count). The maximum Gasteiger partial charge on any atom is 0.419 e. The van der Waals surface area contributed by atoms with Crippen LogP contribution in [0.1, 0.15) is 21.6 Å². The number of amides is 1. The van der Waals surface area contributed by atoms with Crippen molar-refractivity contribution in [2.75, 3.05) is 5.32 Å². The number of para-hydroxylation sites is 1. The summed E-state index contributed by atoms with van der Waals surface area (Å²) < 4.78 is 38.0. The summed E-state index contributed by atoms with van der Waals surface area (Å²) in [5.41, 5.74) is -0.675. The van der Waals surface area contributed by atoms with Crippen LogP contribution in [0.15, 0.2) is 36.5 Å². The van der Waals surface area contributed by atoms with E-state index < -0.39 is 29.0 Å². The smallest absolute Gasteiger partial charge is 0.419 e. The monoisotopic (exact) mass is 296 g/mol. The molecule has 1 heterocycles. The molecule has 2 aromatic rings. The first kappa shape index (κ1) is 14.8. The maximum atomic E-state index is 12.7. The fourth-order valence-electron chi connectivity index (χ4n) is 1.78. The number of pyridine rings is 1. The fraction of sp³-hybridized carbons (Fsp3) is 0.143. The molecule has 0 spiro atoms. The number of nitrogens with one attached hydrogen (secondary N) is 1. The van der Waals surface area contributed by atoms with Gasteiger partial charge >= 0.3 is 6.18 Å². The van der Waals surface area contributed by atoms with E-state index in [4.69, 9.17) is 0 Å². The van der Waals surface area contributed by atoms with Crippen molar-refractivity contribution in [3.63, 3.8) is 0 Å². The summed E-state index contributed by atoms with van der Waals surface area (Å²) in [5, 5.41) is 12.0. The van der Waals surface area contributed by atoms with Gasteiger partial charge in [-0.1, -0.05) is 6.07 Å². The molecular formula is C14H11F3N2O2. The van der Waals surface area contributed by atoms with Gasteiger partial charge in [0, 0.05) is 17.6 Å². The van der Waals surface area contributed by atoms with E-state index in [1.54, 1.807) is 13.0 Å². The Labute approximate surface area is 118 Å². The normalized spacial score (nSPS) is 11.2. The van der Waals surface area contributed by atoms with Gasteiger partial charge in [-0.05, 0) is 31.2 Å². The maximum absolute atomic E-state index is 12.7. The van der Waals surface area contributed by atoms with E-state index in [1.807, 2.05) is 0 Å². The first-order valence-electron chi connectivity index (χ1n) is 5.92. The van der Waals surface area contributed by atoms with Gasteiger partial charge in [0.15, 0.2) is 0 Å². The largest absolute Gasteiger partial charge is 0.506 e. The summed E-state index contributed by atoms with van der Waals surface area (Å²) in [5.74, 6) is -1.92. The van der Waals surface area contributed by atoms with Crippen molar-refractivity contribution in [2.45, 2.75) is 13.1 Å². The SMILES string of the molecule is Cc1cc(NC(=O)c2cccc(C(F)(F)F)c2O)ccn1. The Hall–Kier alpha value is -2.57. The van der Waals surface area contributed by atoms with E-state index in [2.05, 4.69) is 10.3 Å². The minimum atomic E-state index is -4.73. The molecule has 0 bridgehead atoms. The number of aromatic hydroxyl groups is 1. The molecule has 0 saturated heterocycles. The second-order valence-corrected chi connectivity index (χ2v) is 4.34. The zero-order chi connectivity index (χ0) is 15.6. The van der Waals surface area contributed by atoms with Gasteiger partial charge in [0.25, 0.3) is 5.91 Å². The Morgan fingerprint density at radius 1 is 1.29 bits per heavy atom. The summed E-state index contributed by atoms with van der Waals surface area (Å²) in [6, 6.07) is 5.95. The van der Waals surface area contributed by atoms with E-state index in [9.17, 15) is 23.1 Å². The molecule has 21 heavy (non-hydrogen) atoms. The number of hydrogen-bond donors (Lipinski definition) is 2. The van der Waals surface area contributed by atoms with Crippen molar-refractivity contribution in [1.29, 1.82) is 0 Å². The highest BCUT2D eigenvalue weighted by molar-refractivity contribution is 6.06. The molecular weight excluding hydrogens is 285 g/mol. The molecule has 0 atom stereocenters. The van der Waals surface area contributed by atoms with Gasteiger partial charge in [-0.2, -0.15) is 13.2 Å². The second-order valence-electron chi connectivity index (χ2n) is 4.34. The van der Waals surface area contributed by atoms with Crippen LogP contribution in [0.2, 0.25) is 0 Å². The Bertz CT molecular complexity index is 684. The molecule has 0 aliphatic carbocycles. The number of halogens is 3. The zero-order valence-electron chi connectivity index (χ0n) is 10.9. The van der Waals surface area contributed by atoms with Crippen LogP contribution in [0.5, 0.6) is 5.75 Å². The third-order valence-corrected chi connectivity index (χ3v) is 2.74. The van der Waals surface area contributed by atoms with Gasteiger partial charge in [-0.15, -0.1) is 0 Å². The van der Waals surface area contributed by atoms with Crippen LogP contribution >= 0.6 is 0 Å². The number of hydrogen-bond acceptors (Lipinski definition) is 3. The number of nitrogens with zero attached hydrogens (tertiary/aromatic N) is 1. The van der Waals surface area contributed by atoms with Gasteiger partial charge in [0.05, 0.1) is 11.1 Å². The number of aromatic nitrogens is 1. The number of carbonyl (C=O) groups is 1. The second kappa shape index (κ2) is 5.43. The Balaban J connectivity index is 2.32. The van der Waals surface area contributed by atoms with E-state index in [0.717, 1.165) is 12.1 Å². The molecule has 4 nitrogen and oxygen atoms in total. The van der Waals surface area contributed by atoms with Crippen molar-refractivity contribution >= 4 is 11.6 Å². The number of anilines is 1. The van der Waals surface area contributed by atoms with Crippen LogP contribution in [0.3, 0.4) is 0 Å². The number of aryl methyl sites for hydroxylation is 1. The molecule has 1 aromatic carbocycles. The first-order chi connectivity index (χ1) is 9.79. The minimum absolute atomic E-state index is 0.379. The van der Waals surface area contributed by atoms with Gasteiger partial charge in [0.2, 0.25) is 0 Å². The molecule has 0 aliphatic heterocycles. The quantitative estimate of drug-likeness (QED) is 0.893. The highest BCUT2D eigenvalue weighted by Crippen LogP contribution is 2.37. The average Bonchev–Trinajstić information content (AvgIpc) is 2.37. The Kier molecular flexibility index (Phi) is 3.84. The van der Waals surface area contributed by atoms with Gasteiger partial charge in [0.1, 0.15) is 5.75 Å². The third kappa shape index (κ3) is 3.31. The molecule has 0 unspecified atom stereocenters.